The van der Waals surface area contributed by atoms with Crippen LogP contribution < -0.4 is 10.6 Å². The van der Waals surface area contributed by atoms with Gasteiger partial charge in [0.15, 0.2) is 0 Å². The van der Waals surface area contributed by atoms with E-state index < -0.39 is 0 Å². The van der Waals surface area contributed by atoms with Crippen LogP contribution in [-0.4, -0.2) is 29.0 Å². The number of rotatable bonds is 8. The Labute approximate surface area is 152 Å². The van der Waals surface area contributed by atoms with Gasteiger partial charge in [0.1, 0.15) is 5.01 Å². The van der Waals surface area contributed by atoms with E-state index >= 15 is 0 Å². The van der Waals surface area contributed by atoms with Crippen LogP contribution in [0.1, 0.15) is 30.1 Å². The molecule has 0 saturated carbocycles. The van der Waals surface area contributed by atoms with Gasteiger partial charge in [-0.15, -0.1) is 11.3 Å². The number of carbonyl (C=O) groups excluding carboxylic acids is 1. The molecule has 24 heavy (non-hydrogen) atoms. The van der Waals surface area contributed by atoms with Crippen molar-refractivity contribution in [3.8, 4) is 0 Å². The Morgan fingerprint density at radius 2 is 2.00 bits per heavy atom. The SMILES string of the molecule is CCN(CC)Cc1csc(CNC(=O)NCc2cccc(Cl)c2)n1. The smallest absolute Gasteiger partial charge is 0.315 e. The van der Waals surface area contributed by atoms with Crippen LogP contribution in [0.5, 0.6) is 0 Å². The van der Waals surface area contributed by atoms with E-state index in [2.05, 4.69) is 39.7 Å². The van der Waals surface area contributed by atoms with Crippen LogP contribution in [-0.2, 0) is 19.6 Å². The van der Waals surface area contributed by atoms with Crippen molar-refractivity contribution in [1.29, 1.82) is 0 Å². The molecule has 0 aliphatic heterocycles. The first-order valence-electron chi connectivity index (χ1n) is 8.02. The monoisotopic (exact) mass is 366 g/mol. The van der Waals surface area contributed by atoms with Gasteiger partial charge >= 0.3 is 6.03 Å². The summed E-state index contributed by atoms with van der Waals surface area (Å²) in [5.41, 5.74) is 2.02. The summed E-state index contributed by atoms with van der Waals surface area (Å²) in [6.45, 7) is 8.03. The molecule has 0 aliphatic rings. The second-order valence-corrected chi connectivity index (χ2v) is 6.74. The zero-order chi connectivity index (χ0) is 17.4. The summed E-state index contributed by atoms with van der Waals surface area (Å²) in [7, 11) is 0. The van der Waals surface area contributed by atoms with Gasteiger partial charge in [-0.05, 0) is 30.8 Å². The highest BCUT2D eigenvalue weighted by Gasteiger charge is 2.07. The van der Waals surface area contributed by atoms with Crippen molar-refractivity contribution in [2.75, 3.05) is 13.1 Å². The number of hydrogen-bond donors (Lipinski definition) is 2. The van der Waals surface area contributed by atoms with Crippen molar-refractivity contribution < 1.29 is 4.79 Å². The van der Waals surface area contributed by atoms with Crippen molar-refractivity contribution in [2.24, 2.45) is 0 Å². The van der Waals surface area contributed by atoms with Gasteiger partial charge in [0, 0.05) is 23.5 Å². The predicted octanol–water partition coefficient (Wildman–Crippen LogP) is 3.64. The zero-order valence-corrected chi connectivity index (χ0v) is 15.6. The fourth-order valence-corrected chi connectivity index (χ4v) is 3.16. The van der Waals surface area contributed by atoms with E-state index in [0.29, 0.717) is 18.1 Å². The van der Waals surface area contributed by atoms with E-state index in [1.807, 2.05) is 24.3 Å². The minimum Gasteiger partial charge on any atom is -0.334 e. The Morgan fingerprint density at radius 1 is 1.25 bits per heavy atom. The molecule has 0 unspecified atom stereocenters. The zero-order valence-electron chi connectivity index (χ0n) is 14.0. The van der Waals surface area contributed by atoms with Crippen molar-refractivity contribution in [3.05, 3.63) is 50.9 Å². The van der Waals surface area contributed by atoms with Crippen molar-refractivity contribution in [3.63, 3.8) is 0 Å². The standard InChI is InChI=1S/C17H23ClN4OS/c1-3-22(4-2)11-15-12-24-16(21-15)10-20-17(23)19-9-13-6-5-7-14(18)8-13/h5-8,12H,3-4,9-11H2,1-2H3,(H2,19,20,23). The van der Waals surface area contributed by atoms with Gasteiger partial charge in [0.05, 0.1) is 12.2 Å². The number of urea groups is 1. The highest BCUT2D eigenvalue weighted by molar-refractivity contribution is 7.09. The molecule has 7 heteroatoms. The molecule has 0 fully saturated rings. The van der Waals surface area contributed by atoms with Gasteiger partial charge in [0.25, 0.3) is 0 Å². The van der Waals surface area contributed by atoms with Crippen LogP contribution in [0.2, 0.25) is 5.02 Å². The molecule has 5 nitrogen and oxygen atoms in total. The van der Waals surface area contributed by atoms with E-state index in [0.717, 1.165) is 35.9 Å². The third kappa shape index (κ3) is 6.11. The van der Waals surface area contributed by atoms with Gasteiger partial charge in [0.2, 0.25) is 0 Å². The number of carbonyl (C=O) groups is 1. The lowest BCUT2D eigenvalue weighted by molar-refractivity contribution is 0.240. The first-order chi connectivity index (χ1) is 11.6. The molecule has 0 spiro atoms. The number of nitrogens with one attached hydrogen (secondary N) is 2. The Hall–Kier alpha value is -1.63. The Morgan fingerprint density at radius 3 is 2.71 bits per heavy atom. The summed E-state index contributed by atoms with van der Waals surface area (Å²) >= 11 is 7.50. The minimum absolute atomic E-state index is 0.213. The average molecular weight is 367 g/mol. The van der Waals surface area contributed by atoms with Crippen LogP contribution in [0.25, 0.3) is 0 Å². The highest BCUT2D eigenvalue weighted by Crippen LogP contribution is 2.12. The van der Waals surface area contributed by atoms with Crippen LogP contribution >= 0.6 is 22.9 Å². The molecule has 0 bridgehead atoms. The third-order valence-corrected chi connectivity index (χ3v) is 4.75. The average Bonchev–Trinajstić information content (AvgIpc) is 3.03. The first-order valence-corrected chi connectivity index (χ1v) is 9.28. The second-order valence-electron chi connectivity index (χ2n) is 5.36. The lowest BCUT2D eigenvalue weighted by atomic mass is 10.2. The van der Waals surface area contributed by atoms with E-state index in [9.17, 15) is 4.79 Å². The fourth-order valence-electron chi connectivity index (χ4n) is 2.23. The third-order valence-electron chi connectivity index (χ3n) is 3.62. The topological polar surface area (TPSA) is 57.3 Å². The highest BCUT2D eigenvalue weighted by atomic mass is 35.5. The predicted molar refractivity (Wildman–Crippen MR) is 99.3 cm³/mol. The Kier molecular flexibility index (Phi) is 7.49. The number of nitrogens with zero attached hydrogens (tertiary/aromatic N) is 2. The maximum atomic E-state index is 11.9. The van der Waals surface area contributed by atoms with Crippen molar-refractivity contribution in [2.45, 2.75) is 33.5 Å². The molecular formula is C17H23ClN4OS. The summed E-state index contributed by atoms with van der Waals surface area (Å²) in [6, 6.07) is 7.22. The number of hydrogen-bond acceptors (Lipinski definition) is 4. The van der Waals surface area contributed by atoms with Gasteiger partial charge in [-0.3, -0.25) is 4.90 Å². The molecule has 1 heterocycles. The normalized spacial score (nSPS) is 10.8. The van der Waals surface area contributed by atoms with E-state index in [4.69, 9.17) is 11.6 Å². The molecule has 2 amide bonds. The van der Waals surface area contributed by atoms with Crippen molar-refractivity contribution in [1.82, 2.24) is 20.5 Å². The molecule has 1 aromatic carbocycles. The van der Waals surface area contributed by atoms with E-state index in [1.165, 1.54) is 0 Å². The Bertz CT molecular complexity index is 658. The van der Waals surface area contributed by atoms with Crippen LogP contribution in [0.4, 0.5) is 4.79 Å². The number of aromatic nitrogens is 1. The molecule has 130 valence electrons. The van der Waals surface area contributed by atoms with Gasteiger partial charge in [-0.1, -0.05) is 37.6 Å². The first kappa shape index (κ1) is 18.7. The number of halogens is 1. The van der Waals surface area contributed by atoms with Gasteiger partial charge < -0.3 is 10.6 Å². The molecule has 0 aliphatic carbocycles. The molecule has 2 aromatic rings. The largest absolute Gasteiger partial charge is 0.334 e. The van der Waals surface area contributed by atoms with Crippen LogP contribution in [0, 0.1) is 0 Å². The summed E-state index contributed by atoms with van der Waals surface area (Å²) in [5, 5.41) is 9.28. The maximum Gasteiger partial charge on any atom is 0.315 e. The number of amides is 2. The lowest BCUT2D eigenvalue weighted by Crippen LogP contribution is -2.34. The van der Waals surface area contributed by atoms with Crippen LogP contribution in [0.15, 0.2) is 29.6 Å². The van der Waals surface area contributed by atoms with Gasteiger partial charge in [-0.2, -0.15) is 0 Å². The number of benzene rings is 1. The van der Waals surface area contributed by atoms with E-state index in [-0.39, 0.29) is 6.03 Å². The molecule has 0 radical (unpaired) electrons. The summed E-state index contributed by atoms with van der Waals surface area (Å²) < 4.78 is 0. The minimum atomic E-state index is -0.213. The van der Waals surface area contributed by atoms with Crippen molar-refractivity contribution >= 4 is 29.0 Å². The molecule has 2 N–H and O–H groups in total. The van der Waals surface area contributed by atoms with Crippen LogP contribution in [0.3, 0.4) is 0 Å². The second kappa shape index (κ2) is 9.61. The summed E-state index contributed by atoms with van der Waals surface area (Å²) in [6.07, 6.45) is 0. The quantitative estimate of drug-likeness (QED) is 0.749. The molecular weight excluding hydrogens is 344 g/mol. The Balaban J connectivity index is 1.74. The number of thiazole rings is 1. The summed E-state index contributed by atoms with van der Waals surface area (Å²) in [5.74, 6) is 0. The lowest BCUT2D eigenvalue weighted by Gasteiger charge is -2.15. The van der Waals surface area contributed by atoms with E-state index in [1.54, 1.807) is 11.3 Å². The summed E-state index contributed by atoms with van der Waals surface area (Å²) in [4.78, 5) is 18.7. The molecule has 0 saturated heterocycles. The molecule has 1 aromatic heterocycles. The maximum absolute atomic E-state index is 11.9. The van der Waals surface area contributed by atoms with Gasteiger partial charge in [-0.25, -0.2) is 9.78 Å². The molecule has 0 atom stereocenters. The fraction of sp³-hybridized carbons (Fsp3) is 0.412. The molecule has 2 rings (SSSR count).